The highest BCUT2D eigenvalue weighted by Crippen LogP contribution is 2.10. The van der Waals surface area contributed by atoms with Gasteiger partial charge in [0, 0.05) is 0 Å². The summed E-state index contributed by atoms with van der Waals surface area (Å²) in [6.07, 6.45) is 24.1. The molecule has 0 radical (unpaired) electrons. The average Bonchev–Trinajstić information content (AvgIpc) is 2.35. The van der Waals surface area contributed by atoms with E-state index in [1.807, 2.05) is 18.2 Å². The van der Waals surface area contributed by atoms with E-state index >= 15 is 0 Å². The summed E-state index contributed by atoms with van der Waals surface area (Å²) >= 11 is 0. The second-order valence-corrected chi connectivity index (χ2v) is 4.67. The van der Waals surface area contributed by atoms with Gasteiger partial charge < -0.3 is 0 Å². The standard InChI is InChI=1S/C17H30/c1-3-5-7-9-11-13-15-17-16-14-12-10-8-6-4-2/h3,5,7,9,11H,1,4,6,8,10,12-17H2,2H3. The molecule has 0 atom stereocenters. The molecular formula is C17H30. The van der Waals surface area contributed by atoms with E-state index in [0.717, 1.165) is 0 Å². The van der Waals surface area contributed by atoms with Gasteiger partial charge in [-0.05, 0) is 12.8 Å². The summed E-state index contributed by atoms with van der Waals surface area (Å²) in [5.74, 6) is 0. The van der Waals surface area contributed by atoms with Crippen LogP contribution in [0.1, 0.15) is 71.1 Å². The topological polar surface area (TPSA) is 0 Å². The van der Waals surface area contributed by atoms with Crippen LogP contribution in [0.25, 0.3) is 0 Å². The van der Waals surface area contributed by atoms with E-state index in [1.165, 1.54) is 64.2 Å². The van der Waals surface area contributed by atoms with Gasteiger partial charge in [-0.1, -0.05) is 95.2 Å². The number of unbranched alkanes of at least 4 members (excludes halogenated alkanes) is 9. The second kappa shape index (κ2) is 15.2. The summed E-state index contributed by atoms with van der Waals surface area (Å²) in [5.41, 5.74) is 0. The van der Waals surface area contributed by atoms with Crippen LogP contribution in [0.15, 0.2) is 37.0 Å². The van der Waals surface area contributed by atoms with Crippen molar-refractivity contribution >= 4 is 0 Å². The van der Waals surface area contributed by atoms with E-state index in [4.69, 9.17) is 0 Å². The number of hydrogen-bond acceptors (Lipinski definition) is 0. The molecule has 0 heteroatoms. The van der Waals surface area contributed by atoms with Gasteiger partial charge in [-0.25, -0.2) is 0 Å². The maximum atomic E-state index is 3.63. The van der Waals surface area contributed by atoms with E-state index in [2.05, 4.69) is 25.7 Å². The first-order chi connectivity index (χ1) is 8.41. The number of rotatable bonds is 12. The Hall–Kier alpha value is -0.780. The van der Waals surface area contributed by atoms with Gasteiger partial charge in [0.05, 0.1) is 0 Å². The van der Waals surface area contributed by atoms with Crippen molar-refractivity contribution in [1.82, 2.24) is 0 Å². The third-order valence-corrected chi connectivity index (χ3v) is 2.97. The molecule has 0 aromatic carbocycles. The fraction of sp³-hybridized carbons (Fsp3) is 0.647. The van der Waals surface area contributed by atoms with Crippen LogP contribution in [0.3, 0.4) is 0 Å². The van der Waals surface area contributed by atoms with Gasteiger partial charge in [-0.3, -0.25) is 0 Å². The summed E-state index contributed by atoms with van der Waals surface area (Å²) in [4.78, 5) is 0. The highest BCUT2D eigenvalue weighted by Gasteiger charge is 1.90. The molecule has 0 N–H and O–H groups in total. The van der Waals surface area contributed by atoms with Crippen LogP contribution in [0, 0.1) is 0 Å². The first-order valence-electron chi connectivity index (χ1n) is 7.36. The lowest BCUT2D eigenvalue weighted by molar-refractivity contribution is 0.566. The molecule has 0 aromatic rings. The molecule has 98 valence electrons. The van der Waals surface area contributed by atoms with E-state index in [0.29, 0.717) is 0 Å². The van der Waals surface area contributed by atoms with Gasteiger partial charge in [0.1, 0.15) is 0 Å². The van der Waals surface area contributed by atoms with Gasteiger partial charge in [0.25, 0.3) is 0 Å². The Bertz CT molecular complexity index is 198. The predicted molar refractivity (Wildman–Crippen MR) is 80.3 cm³/mol. The minimum Gasteiger partial charge on any atom is -0.0991 e. The van der Waals surface area contributed by atoms with Gasteiger partial charge in [0.15, 0.2) is 0 Å². The summed E-state index contributed by atoms with van der Waals surface area (Å²) in [6, 6.07) is 0. The number of hydrogen-bond donors (Lipinski definition) is 0. The molecule has 0 rings (SSSR count). The molecule has 0 saturated heterocycles. The monoisotopic (exact) mass is 234 g/mol. The smallest absolute Gasteiger partial charge is 0.0348 e. The maximum absolute atomic E-state index is 3.63. The molecule has 0 saturated carbocycles. The highest BCUT2D eigenvalue weighted by molar-refractivity contribution is 5.08. The molecule has 0 aromatic heterocycles. The molecule has 0 aliphatic heterocycles. The van der Waals surface area contributed by atoms with Gasteiger partial charge in [0.2, 0.25) is 0 Å². The van der Waals surface area contributed by atoms with Crippen molar-refractivity contribution < 1.29 is 0 Å². The maximum Gasteiger partial charge on any atom is -0.0348 e. The summed E-state index contributed by atoms with van der Waals surface area (Å²) < 4.78 is 0. The Balaban J connectivity index is 3.05. The van der Waals surface area contributed by atoms with Gasteiger partial charge >= 0.3 is 0 Å². The summed E-state index contributed by atoms with van der Waals surface area (Å²) in [7, 11) is 0. The predicted octanol–water partition coefficient (Wildman–Crippen LogP) is 6.21. The summed E-state index contributed by atoms with van der Waals surface area (Å²) in [5, 5.41) is 0. The van der Waals surface area contributed by atoms with E-state index in [9.17, 15) is 0 Å². The Morgan fingerprint density at radius 1 is 0.706 bits per heavy atom. The molecule has 0 heterocycles. The first kappa shape index (κ1) is 16.2. The lowest BCUT2D eigenvalue weighted by atomic mass is 10.1. The Morgan fingerprint density at radius 3 is 1.88 bits per heavy atom. The molecule has 0 aliphatic rings. The minimum absolute atomic E-state index is 1.22. The normalized spacial score (nSPS) is 11.6. The molecule has 0 amide bonds. The summed E-state index contributed by atoms with van der Waals surface area (Å²) in [6.45, 7) is 5.91. The Morgan fingerprint density at radius 2 is 1.29 bits per heavy atom. The van der Waals surface area contributed by atoms with Crippen molar-refractivity contribution in [3.8, 4) is 0 Å². The third kappa shape index (κ3) is 15.2. The zero-order chi connectivity index (χ0) is 12.6. The van der Waals surface area contributed by atoms with Crippen molar-refractivity contribution in [3.63, 3.8) is 0 Å². The Kier molecular flexibility index (Phi) is 14.5. The third-order valence-electron chi connectivity index (χ3n) is 2.97. The van der Waals surface area contributed by atoms with Crippen LogP contribution < -0.4 is 0 Å². The number of allylic oxidation sites excluding steroid dienone is 5. The van der Waals surface area contributed by atoms with Crippen LogP contribution >= 0.6 is 0 Å². The average molecular weight is 234 g/mol. The van der Waals surface area contributed by atoms with Crippen LogP contribution in [-0.4, -0.2) is 0 Å². The quantitative estimate of drug-likeness (QED) is 0.278. The van der Waals surface area contributed by atoms with Crippen LogP contribution in [0.5, 0.6) is 0 Å². The molecule has 0 nitrogen and oxygen atoms in total. The van der Waals surface area contributed by atoms with Crippen molar-refractivity contribution in [3.05, 3.63) is 37.0 Å². The molecule has 0 spiro atoms. The Labute approximate surface area is 109 Å². The molecular weight excluding hydrogens is 204 g/mol. The van der Waals surface area contributed by atoms with E-state index < -0.39 is 0 Å². The van der Waals surface area contributed by atoms with E-state index in [1.54, 1.807) is 0 Å². The van der Waals surface area contributed by atoms with Crippen molar-refractivity contribution in [2.45, 2.75) is 71.1 Å². The molecule has 0 aliphatic carbocycles. The molecule has 0 bridgehead atoms. The van der Waals surface area contributed by atoms with Gasteiger partial charge in [-0.2, -0.15) is 0 Å². The SMILES string of the molecule is C=CC=CC=CCCCCCCCCCCC. The van der Waals surface area contributed by atoms with Crippen LogP contribution in [0.2, 0.25) is 0 Å². The highest BCUT2D eigenvalue weighted by atomic mass is 14.0. The molecule has 0 fully saturated rings. The van der Waals surface area contributed by atoms with Crippen molar-refractivity contribution in [2.75, 3.05) is 0 Å². The fourth-order valence-electron chi connectivity index (χ4n) is 1.89. The molecule has 17 heavy (non-hydrogen) atoms. The first-order valence-corrected chi connectivity index (χ1v) is 7.36. The largest absolute Gasteiger partial charge is 0.0991 e. The van der Waals surface area contributed by atoms with E-state index in [-0.39, 0.29) is 0 Å². The lowest BCUT2D eigenvalue weighted by Gasteiger charge is -2.00. The second-order valence-electron chi connectivity index (χ2n) is 4.67. The minimum atomic E-state index is 1.22. The zero-order valence-electron chi connectivity index (χ0n) is 11.7. The fourth-order valence-corrected chi connectivity index (χ4v) is 1.89. The van der Waals surface area contributed by atoms with Gasteiger partial charge in [-0.15, -0.1) is 0 Å². The van der Waals surface area contributed by atoms with Crippen LogP contribution in [-0.2, 0) is 0 Å². The lowest BCUT2D eigenvalue weighted by Crippen LogP contribution is -1.80. The van der Waals surface area contributed by atoms with Crippen LogP contribution in [0.4, 0.5) is 0 Å². The van der Waals surface area contributed by atoms with Crippen molar-refractivity contribution in [1.29, 1.82) is 0 Å². The van der Waals surface area contributed by atoms with Crippen molar-refractivity contribution in [2.24, 2.45) is 0 Å². The molecule has 0 unspecified atom stereocenters. The zero-order valence-corrected chi connectivity index (χ0v) is 11.7.